The predicted molar refractivity (Wildman–Crippen MR) is 92.7 cm³/mol. The van der Waals surface area contributed by atoms with Gasteiger partial charge in [0.15, 0.2) is 0 Å². The molecule has 124 valence electrons. The van der Waals surface area contributed by atoms with Crippen molar-refractivity contribution in [2.75, 3.05) is 10.5 Å². The maximum absolute atomic E-state index is 12.9. The number of benzene rings is 3. The summed E-state index contributed by atoms with van der Waals surface area (Å²) in [7, 11) is -3.75. The third-order valence-electron chi connectivity index (χ3n) is 3.60. The molecule has 0 atom stereocenters. The molecule has 24 heavy (non-hydrogen) atoms. The molecule has 0 amide bonds. The number of fused-ring (bicyclic) bond motifs is 1. The molecule has 3 aromatic rings. The smallest absolute Gasteiger partial charge is 0.236 e. The molecule has 4 N–H and O–H groups in total. The molecule has 0 saturated carbocycles. The van der Waals surface area contributed by atoms with Gasteiger partial charge in [0.25, 0.3) is 0 Å². The van der Waals surface area contributed by atoms with Gasteiger partial charge in [0.2, 0.25) is 10.0 Å². The van der Waals surface area contributed by atoms with E-state index in [-0.39, 0.29) is 22.9 Å². The standard InChI is InChI=1S/C17H15FN2O3S/c18-12-7-5-11(6-8-12)10-24(22,23)20-15-9-16(21)17(19)14-4-2-1-3-13(14)15/h1-9,20-21H,10,19H2. The minimum absolute atomic E-state index is 0.187. The van der Waals surface area contributed by atoms with Gasteiger partial charge in [-0.25, -0.2) is 12.8 Å². The average Bonchev–Trinajstić information content (AvgIpc) is 2.54. The molecular formula is C17H15FN2O3S. The summed E-state index contributed by atoms with van der Waals surface area (Å²) in [6.07, 6.45) is 0. The number of nitrogens with two attached hydrogens (primary N) is 1. The van der Waals surface area contributed by atoms with Crippen LogP contribution >= 0.6 is 0 Å². The highest BCUT2D eigenvalue weighted by Gasteiger charge is 2.16. The summed E-state index contributed by atoms with van der Waals surface area (Å²) in [5.41, 5.74) is 6.70. The van der Waals surface area contributed by atoms with Crippen molar-refractivity contribution < 1.29 is 17.9 Å². The Morgan fingerprint density at radius 3 is 2.33 bits per heavy atom. The summed E-state index contributed by atoms with van der Waals surface area (Å²) in [5, 5.41) is 11.0. The molecule has 0 aromatic heterocycles. The number of nitrogens with one attached hydrogen (secondary N) is 1. The van der Waals surface area contributed by atoms with Crippen LogP contribution in [0.4, 0.5) is 15.8 Å². The summed E-state index contributed by atoms with van der Waals surface area (Å²) in [6.45, 7) is 0. The van der Waals surface area contributed by atoms with Crippen LogP contribution in [-0.2, 0) is 15.8 Å². The van der Waals surface area contributed by atoms with Crippen LogP contribution in [0, 0.1) is 5.82 Å². The van der Waals surface area contributed by atoms with E-state index >= 15 is 0 Å². The van der Waals surface area contributed by atoms with Crippen LogP contribution < -0.4 is 10.5 Å². The van der Waals surface area contributed by atoms with Crippen molar-refractivity contribution >= 4 is 32.2 Å². The van der Waals surface area contributed by atoms with Gasteiger partial charge in [0.1, 0.15) is 11.6 Å². The van der Waals surface area contributed by atoms with Crippen molar-refractivity contribution in [2.45, 2.75) is 5.75 Å². The third kappa shape index (κ3) is 3.26. The lowest BCUT2D eigenvalue weighted by atomic mass is 10.1. The quantitative estimate of drug-likeness (QED) is 0.500. The second kappa shape index (κ2) is 6.01. The van der Waals surface area contributed by atoms with Crippen molar-refractivity contribution in [1.82, 2.24) is 0 Å². The normalized spacial score (nSPS) is 11.5. The lowest BCUT2D eigenvalue weighted by molar-refractivity contribution is 0.479. The Hall–Kier alpha value is -2.80. The van der Waals surface area contributed by atoms with E-state index in [1.165, 1.54) is 30.3 Å². The molecule has 3 aromatic carbocycles. The van der Waals surface area contributed by atoms with Crippen LogP contribution in [-0.4, -0.2) is 13.5 Å². The Kier molecular flexibility index (Phi) is 4.02. The highest BCUT2D eigenvalue weighted by Crippen LogP contribution is 2.36. The SMILES string of the molecule is Nc1c(O)cc(NS(=O)(=O)Cc2ccc(F)cc2)c2ccccc12. The van der Waals surface area contributed by atoms with E-state index in [1.807, 2.05) is 0 Å². The predicted octanol–water partition coefficient (Wildman–Crippen LogP) is 3.21. The van der Waals surface area contributed by atoms with Crippen molar-refractivity contribution in [1.29, 1.82) is 0 Å². The molecule has 0 bridgehead atoms. The Balaban J connectivity index is 1.97. The number of anilines is 2. The molecule has 7 heteroatoms. The summed E-state index contributed by atoms with van der Waals surface area (Å²) in [5.74, 6) is -0.945. The van der Waals surface area contributed by atoms with E-state index in [0.717, 1.165) is 0 Å². The van der Waals surface area contributed by atoms with Gasteiger partial charge in [-0.3, -0.25) is 4.72 Å². The Morgan fingerprint density at radius 2 is 1.67 bits per heavy atom. The number of halogens is 1. The van der Waals surface area contributed by atoms with Gasteiger partial charge in [-0.05, 0) is 17.7 Å². The maximum Gasteiger partial charge on any atom is 0.236 e. The van der Waals surface area contributed by atoms with Crippen molar-refractivity contribution in [2.24, 2.45) is 0 Å². The van der Waals surface area contributed by atoms with Crippen LogP contribution in [0.25, 0.3) is 10.8 Å². The van der Waals surface area contributed by atoms with Gasteiger partial charge in [-0.2, -0.15) is 0 Å². The molecule has 3 rings (SSSR count). The Bertz CT molecular complexity index is 1000. The van der Waals surface area contributed by atoms with Crippen LogP contribution in [0.15, 0.2) is 54.6 Å². The molecule has 0 fully saturated rings. The molecule has 0 aliphatic heterocycles. The summed E-state index contributed by atoms with van der Waals surface area (Å²) >= 11 is 0. The third-order valence-corrected chi connectivity index (χ3v) is 4.84. The zero-order chi connectivity index (χ0) is 17.3. The first-order chi connectivity index (χ1) is 11.4. The minimum Gasteiger partial charge on any atom is -0.506 e. The molecule has 5 nitrogen and oxygen atoms in total. The molecular weight excluding hydrogens is 331 g/mol. The van der Waals surface area contributed by atoms with Gasteiger partial charge in [0, 0.05) is 16.8 Å². The summed E-state index contributed by atoms with van der Waals surface area (Å²) < 4.78 is 40.1. The van der Waals surface area contributed by atoms with E-state index in [0.29, 0.717) is 16.3 Å². The van der Waals surface area contributed by atoms with E-state index in [4.69, 9.17) is 5.73 Å². The van der Waals surface area contributed by atoms with Gasteiger partial charge in [-0.1, -0.05) is 36.4 Å². The van der Waals surface area contributed by atoms with E-state index in [2.05, 4.69) is 4.72 Å². The molecule has 0 heterocycles. The van der Waals surface area contributed by atoms with Crippen molar-refractivity contribution in [3.8, 4) is 5.75 Å². The monoisotopic (exact) mass is 346 g/mol. The fourth-order valence-corrected chi connectivity index (χ4v) is 3.68. The average molecular weight is 346 g/mol. The molecule has 0 radical (unpaired) electrons. The zero-order valence-corrected chi connectivity index (χ0v) is 13.3. The zero-order valence-electron chi connectivity index (χ0n) is 12.5. The van der Waals surface area contributed by atoms with Gasteiger partial charge >= 0.3 is 0 Å². The number of phenols is 1. The Morgan fingerprint density at radius 1 is 1.04 bits per heavy atom. The number of hydrogen-bond donors (Lipinski definition) is 3. The lowest BCUT2D eigenvalue weighted by Crippen LogP contribution is -2.15. The van der Waals surface area contributed by atoms with E-state index in [9.17, 15) is 17.9 Å². The molecule has 0 aliphatic rings. The van der Waals surface area contributed by atoms with Crippen LogP contribution in [0.5, 0.6) is 5.75 Å². The number of aromatic hydroxyl groups is 1. The first-order valence-corrected chi connectivity index (χ1v) is 8.76. The largest absolute Gasteiger partial charge is 0.506 e. The summed E-state index contributed by atoms with van der Waals surface area (Å²) in [6, 6.07) is 13.4. The molecule has 0 aliphatic carbocycles. The Labute approximate surface area is 138 Å². The van der Waals surface area contributed by atoms with Crippen LogP contribution in [0.2, 0.25) is 0 Å². The fraction of sp³-hybridized carbons (Fsp3) is 0.0588. The number of hydrogen-bond acceptors (Lipinski definition) is 4. The minimum atomic E-state index is -3.75. The molecule has 0 unspecified atom stereocenters. The molecule has 0 spiro atoms. The van der Waals surface area contributed by atoms with E-state index in [1.54, 1.807) is 24.3 Å². The summed E-state index contributed by atoms with van der Waals surface area (Å²) in [4.78, 5) is 0. The van der Waals surface area contributed by atoms with Gasteiger partial charge in [0.05, 0.1) is 17.1 Å². The van der Waals surface area contributed by atoms with E-state index < -0.39 is 15.8 Å². The first kappa shape index (κ1) is 16.1. The van der Waals surface area contributed by atoms with Gasteiger partial charge in [-0.15, -0.1) is 0 Å². The van der Waals surface area contributed by atoms with Crippen molar-refractivity contribution in [3.63, 3.8) is 0 Å². The highest BCUT2D eigenvalue weighted by atomic mass is 32.2. The fourth-order valence-electron chi connectivity index (χ4n) is 2.47. The number of rotatable bonds is 4. The van der Waals surface area contributed by atoms with Crippen molar-refractivity contribution in [3.05, 3.63) is 66.0 Å². The van der Waals surface area contributed by atoms with Crippen LogP contribution in [0.1, 0.15) is 5.56 Å². The first-order valence-electron chi connectivity index (χ1n) is 7.11. The highest BCUT2D eigenvalue weighted by molar-refractivity contribution is 7.91. The maximum atomic E-state index is 12.9. The topological polar surface area (TPSA) is 92.4 Å². The lowest BCUT2D eigenvalue weighted by Gasteiger charge is -2.13. The van der Waals surface area contributed by atoms with Gasteiger partial charge < -0.3 is 10.8 Å². The molecule has 0 saturated heterocycles. The van der Waals surface area contributed by atoms with Crippen LogP contribution in [0.3, 0.4) is 0 Å². The number of nitrogen functional groups attached to an aromatic ring is 1. The number of sulfonamides is 1. The second-order valence-corrected chi connectivity index (χ2v) is 7.11. The second-order valence-electron chi connectivity index (χ2n) is 5.39. The number of phenolic OH excluding ortho intramolecular Hbond substituents is 1.